The van der Waals surface area contributed by atoms with Gasteiger partial charge >= 0.3 is 0 Å². The molecule has 0 aliphatic carbocycles. The fraction of sp³-hybridized carbons (Fsp3) is 0.429. The minimum atomic E-state index is -0.322. The largest absolute Gasteiger partial charge is 0.493 e. The topological polar surface area (TPSA) is 67.1 Å². The number of likely N-dealkylation sites (tertiary alicyclic amines) is 1. The number of nitrogens with zero attached hydrogens (tertiary/aromatic N) is 3. The fourth-order valence-electron chi connectivity index (χ4n) is 2.49. The maximum absolute atomic E-state index is 11.7. The summed E-state index contributed by atoms with van der Waals surface area (Å²) >= 11 is 0. The van der Waals surface area contributed by atoms with Gasteiger partial charge in [-0.05, 0) is 38.1 Å². The van der Waals surface area contributed by atoms with Crippen molar-refractivity contribution in [2.24, 2.45) is 0 Å². The summed E-state index contributed by atoms with van der Waals surface area (Å²) in [6, 6.07) is 4.57. The van der Waals surface area contributed by atoms with Crippen LogP contribution in [0.5, 0.6) is 11.6 Å². The Morgan fingerprint density at radius 1 is 1.35 bits per heavy atom. The molecule has 0 unspecified atom stereocenters. The summed E-state index contributed by atoms with van der Waals surface area (Å²) in [7, 11) is 0. The Morgan fingerprint density at radius 3 is 2.95 bits per heavy atom. The molecule has 0 aromatic carbocycles. The van der Waals surface area contributed by atoms with Gasteiger partial charge in [-0.2, -0.15) is 4.98 Å². The minimum absolute atomic E-state index is 0.286. The predicted octanol–water partition coefficient (Wildman–Crippen LogP) is 0.875. The minimum Gasteiger partial charge on any atom is -0.493 e. The number of hydrogen-bond donors (Lipinski definition) is 1. The van der Waals surface area contributed by atoms with Gasteiger partial charge in [0.05, 0.1) is 6.07 Å². The predicted molar refractivity (Wildman–Crippen MR) is 74.3 cm³/mol. The molecule has 1 N–H and O–H groups in total. The van der Waals surface area contributed by atoms with E-state index in [0.717, 1.165) is 25.7 Å². The smallest absolute Gasteiger partial charge is 0.261 e. The van der Waals surface area contributed by atoms with Crippen LogP contribution in [0.25, 0.3) is 5.65 Å². The lowest BCUT2D eigenvalue weighted by molar-refractivity contribution is 0.238. The second-order valence-corrected chi connectivity index (χ2v) is 4.92. The summed E-state index contributed by atoms with van der Waals surface area (Å²) in [5.74, 6) is 0.227. The molecule has 1 aliphatic heterocycles. The molecule has 0 atom stereocenters. The SMILES string of the molecule is O=c1cc(O)nc2c(OCCN3CCCC3)cccn12. The highest BCUT2D eigenvalue weighted by atomic mass is 16.5. The molecule has 2 aromatic heterocycles. The van der Waals surface area contributed by atoms with E-state index in [2.05, 4.69) is 9.88 Å². The first-order valence-corrected chi connectivity index (χ1v) is 6.80. The van der Waals surface area contributed by atoms with Crippen LogP contribution in [-0.2, 0) is 0 Å². The molecule has 20 heavy (non-hydrogen) atoms. The normalized spacial score (nSPS) is 15.8. The third-order valence-corrected chi connectivity index (χ3v) is 3.51. The number of fused-ring (bicyclic) bond motifs is 1. The van der Waals surface area contributed by atoms with Crippen molar-refractivity contribution in [3.63, 3.8) is 0 Å². The van der Waals surface area contributed by atoms with Gasteiger partial charge < -0.3 is 9.84 Å². The van der Waals surface area contributed by atoms with Crippen LogP contribution in [0.3, 0.4) is 0 Å². The van der Waals surface area contributed by atoms with Gasteiger partial charge in [0.15, 0.2) is 11.4 Å². The molecule has 6 heteroatoms. The van der Waals surface area contributed by atoms with Crippen molar-refractivity contribution < 1.29 is 9.84 Å². The van der Waals surface area contributed by atoms with Crippen LogP contribution < -0.4 is 10.3 Å². The summed E-state index contributed by atoms with van der Waals surface area (Å²) in [5.41, 5.74) is 0.0245. The molecule has 1 aliphatic rings. The first-order chi connectivity index (χ1) is 9.74. The zero-order chi connectivity index (χ0) is 13.9. The number of pyridine rings is 1. The van der Waals surface area contributed by atoms with Crippen molar-refractivity contribution in [1.82, 2.24) is 14.3 Å². The number of rotatable bonds is 4. The van der Waals surface area contributed by atoms with Gasteiger partial charge in [-0.3, -0.25) is 14.1 Å². The van der Waals surface area contributed by atoms with Crippen molar-refractivity contribution in [2.75, 3.05) is 26.2 Å². The summed E-state index contributed by atoms with van der Waals surface area (Å²) in [5, 5.41) is 9.45. The van der Waals surface area contributed by atoms with Crippen LogP contribution in [0.1, 0.15) is 12.8 Å². The summed E-state index contributed by atoms with van der Waals surface area (Å²) in [6.07, 6.45) is 4.11. The van der Waals surface area contributed by atoms with Crippen molar-refractivity contribution in [3.05, 3.63) is 34.7 Å². The molecular formula is C14H17N3O3. The molecule has 0 radical (unpaired) electrons. The standard InChI is InChI=1S/C14H17N3O3/c18-12-10-13(19)17-7-3-4-11(14(17)15-12)20-9-8-16-5-1-2-6-16/h3-4,7,10,18H,1-2,5-6,8-9H2. The zero-order valence-corrected chi connectivity index (χ0v) is 11.2. The Hall–Kier alpha value is -2.08. The van der Waals surface area contributed by atoms with E-state index < -0.39 is 0 Å². The van der Waals surface area contributed by atoms with Crippen LogP contribution in [0.2, 0.25) is 0 Å². The van der Waals surface area contributed by atoms with E-state index in [1.807, 2.05) is 0 Å². The van der Waals surface area contributed by atoms with E-state index in [-0.39, 0.29) is 11.4 Å². The van der Waals surface area contributed by atoms with Gasteiger partial charge in [-0.25, -0.2) is 0 Å². The van der Waals surface area contributed by atoms with Gasteiger partial charge in [0.2, 0.25) is 5.88 Å². The van der Waals surface area contributed by atoms with Gasteiger partial charge in [0, 0.05) is 12.7 Å². The van der Waals surface area contributed by atoms with Crippen molar-refractivity contribution in [2.45, 2.75) is 12.8 Å². The highest BCUT2D eigenvalue weighted by molar-refractivity contribution is 5.53. The molecule has 3 rings (SSSR count). The second kappa shape index (κ2) is 5.50. The summed E-state index contributed by atoms with van der Waals surface area (Å²) in [4.78, 5) is 18.1. The van der Waals surface area contributed by atoms with E-state index in [4.69, 9.17) is 4.74 Å². The second-order valence-electron chi connectivity index (χ2n) is 4.92. The molecule has 2 aromatic rings. The van der Waals surface area contributed by atoms with Crippen LogP contribution in [0, 0.1) is 0 Å². The molecule has 3 heterocycles. The Bertz CT molecular complexity index is 662. The lowest BCUT2D eigenvalue weighted by Crippen LogP contribution is -2.25. The average Bonchev–Trinajstić information content (AvgIpc) is 2.92. The number of aromatic nitrogens is 2. The monoisotopic (exact) mass is 275 g/mol. The first kappa shape index (κ1) is 12.9. The Balaban J connectivity index is 1.78. The van der Waals surface area contributed by atoms with E-state index in [1.165, 1.54) is 17.2 Å². The first-order valence-electron chi connectivity index (χ1n) is 6.80. The lowest BCUT2D eigenvalue weighted by atomic mass is 10.4. The third kappa shape index (κ3) is 2.60. The maximum Gasteiger partial charge on any atom is 0.261 e. The molecule has 0 saturated carbocycles. The fourth-order valence-corrected chi connectivity index (χ4v) is 2.49. The molecule has 1 saturated heterocycles. The lowest BCUT2D eigenvalue weighted by Gasteiger charge is -2.15. The maximum atomic E-state index is 11.7. The molecule has 0 spiro atoms. The van der Waals surface area contributed by atoms with E-state index in [1.54, 1.807) is 18.3 Å². The molecule has 0 bridgehead atoms. The summed E-state index contributed by atoms with van der Waals surface area (Å²) in [6.45, 7) is 3.66. The number of hydrogen-bond acceptors (Lipinski definition) is 5. The van der Waals surface area contributed by atoms with Gasteiger partial charge in [0.1, 0.15) is 6.61 Å². The molecule has 1 fully saturated rings. The van der Waals surface area contributed by atoms with E-state index in [0.29, 0.717) is 18.0 Å². The van der Waals surface area contributed by atoms with Crippen molar-refractivity contribution >= 4 is 5.65 Å². The molecule has 6 nitrogen and oxygen atoms in total. The Morgan fingerprint density at radius 2 is 2.15 bits per heavy atom. The van der Waals surface area contributed by atoms with Crippen molar-refractivity contribution in [3.8, 4) is 11.6 Å². The third-order valence-electron chi connectivity index (χ3n) is 3.51. The Kier molecular flexibility index (Phi) is 3.56. The molecule has 106 valence electrons. The summed E-state index contributed by atoms with van der Waals surface area (Å²) < 4.78 is 7.08. The highest BCUT2D eigenvalue weighted by Crippen LogP contribution is 2.18. The molecule has 0 amide bonds. The van der Waals surface area contributed by atoms with E-state index in [9.17, 15) is 9.90 Å². The van der Waals surface area contributed by atoms with Gasteiger partial charge in [-0.15, -0.1) is 0 Å². The quantitative estimate of drug-likeness (QED) is 0.897. The number of ether oxygens (including phenoxy) is 1. The van der Waals surface area contributed by atoms with Gasteiger partial charge in [0.25, 0.3) is 5.56 Å². The number of aromatic hydroxyl groups is 1. The highest BCUT2D eigenvalue weighted by Gasteiger charge is 2.12. The van der Waals surface area contributed by atoms with Crippen LogP contribution >= 0.6 is 0 Å². The van der Waals surface area contributed by atoms with Crippen LogP contribution in [-0.4, -0.2) is 45.6 Å². The van der Waals surface area contributed by atoms with Crippen LogP contribution in [0.4, 0.5) is 0 Å². The zero-order valence-electron chi connectivity index (χ0n) is 11.2. The van der Waals surface area contributed by atoms with Crippen molar-refractivity contribution in [1.29, 1.82) is 0 Å². The Labute approximate surface area is 116 Å². The van der Waals surface area contributed by atoms with Crippen LogP contribution in [0.15, 0.2) is 29.2 Å². The average molecular weight is 275 g/mol. The van der Waals surface area contributed by atoms with Gasteiger partial charge in [-0.1, -0.05) is 0 Å². The molecular weight excluding hydrogens is 258 g/mol. The van der Waals surface area contributed by atoms with E-state index >= 15 is 0 Å².